The molecule has 1 saturated carbocycles. The molecule has 0 spiro atoms. The van der Waals surface area contributed by atoms with Crippen LogP contribution in [0.5, 0.6) is 0 Å². The highest BCUT2D eigenvalue weighted by molar-refractivity contribution is 7.89. The van der Waals surface area contributed by atoms with Crippen LogP contribution in [0.1, 0.15) is 28.8 Å². The zero-order valence-corrected chi connectivity index (χ0v) is 11.8. The molecule has 1 fully saturated rings. The van der Waals surface area contributed by atoms with Gasteiger partial charge in [-0.2, -0.15) is 13.2 Å². The molecule has 2 rings (SSSR count). The van der Waals surface area contributed by atoms with E-state index < -0.39 is 27.6 Å². The van der Waals surface area contributed by atoms with Crippen molar-refractivity contribution in [1.29, 1.82) is 0 Å². The van der Waals surface area contributed by atoms with Crippen molar-refractivity contribution in [1.82, 2.24) is 5.32 Å². The van der Waals surface area contributed by atoms with Crippen molar-refractivity contribution < 1.29 is 26.4 Å². The van der Waals surface area contributed by atoms with Crippen molar-refractivity contribution in [3.63, 3.8) is 0 Å². The molecule has 3 N–H and O–H groups in total. The number of carbonyl (C=O) groups excluding carboxylic acids is 1. The van der Waals surface area contributed by atoms with Gasteiger partial charge in [-0.1, -0.05) is 6.07 Å². The minimum Gasteiger partial charge on any atom is -0.338 e. The smallest absolute Gasteiger partial charge is 0.338 e. The van der Waals surface area contributed by atoms with Crippen molar-refractivity contribution in [2.75, 3.05) is 0 Å². The third kappa shape index (κ3) is 3.03. The van der Waals surface area contributed by atoms with Gasteiger partial charge in [0.15, 0.2) is 0 Å². The number of rotatable bonds is 3. The van der Waals surface area contributed by atoms with Gasteiger partial charge in [-0.25, -0.2) is 13.6 Å². The minimum atomic E-state index is -4.53. The summed E-state index contributed by atoms with van der Waals surface area (Å²) in [5.41, 5.74) is -2.07. The Balaban J connectivity index is 2.30. The Morgan fingerprint density at radius 2 is 1.90 bits per heavy atom. The predicted octanol–water partition coefficient (Wildman–Crippen LogP) is 1.47. The van der Waals surface area contributed by atoms with E-state index in [1.54, 1.807) is 0 Å². The predicted molar refractivity (Wildman–Crippen MR) is 68.0 cm³/mol. The van der Waals surface area contributed by atoms with Gasteiger partial charge >= 0.3 is 6.18 Å². The summed E-state index contributed by atoms with van der Waals surface area (Å²) in [7, 11) is -4.05. The fraction of sp³-hybridized carbons (Fsp3) is 0.417. The van der Waals surface area contributed by atoms with E-state index >= 15 is 0 Å². The lowest BCUT2D eigenvalue weighted by Gasteiger charge is -2.20. The van der Waals surface area contributed by atoms with Gasteiger partial charge < -0.3 is 5.32 Å². The van der Waals surface area contributed by atoms with E-state index in [4.69, 9.17) is 5.14 Å². The third-order valence-corrected chi connectivity index (χ3v) is 4.46. The van der Waals surface area contributed by atoms with Crippen LogP contribution >= 0.6 is 0 Å². The van der Waals surface area contributed by atoms with E-state index in [9.17, 15) is 26.4 Å². The SMILES string of the molecule is Cc1ccc(C(=O)NC2(C(F)(F)F)CC2)cc1S(N)(=O)=O. The third-order valence-electron chi connectivity index (χ3n) is 3.40. The number of primary sulfonamides is 1. The van der Waals surface area contributed by atoms with Gasteiger partial charge in [0.1, 0.15) is 5.54 Å². The van der Waals surface area contributed by atoms with Gasteiger partial charge in [0.05, 0.1) is 4.90 Å². The van der Waals surface area contributed by atoms with Crippen molar-refractivity contribution in [3.05, 3.63) is 29.3 Å². The van der Waals surface area contributed by atoms with Gasteiger partial charge in [0, 0.05) is 5.56 Å². The normalized spacial score (nSPS) is 17.4. The second kappa shape index (κ2) is 4.70. The molecule has 0 atom stereocenters. The number of benzene rings is 1. The highest BCUT2D eigenvalue weighted by Crippen LogP contribution is 2.49. The molecule has 0 bridgehead atoms. The van der Waals surface area contributed by atoms with Gasteiger partial charge in [-0.15, -0.1) is 0 Å². The second-order valence-corrected chi connectivity index (χ2v) is 6.59. The van der Waals surface area contributed by atoms with E-state index in [2.05, 4.69) is 0 Å². The van der Waals surface area contributed by atoms with E-state index in [1.807, 2.05) is 5.32 Å². The quantitative estimate of drug-likeness (QED) is 0.883. The van der Waals surface area contributed by atoms with Gasteiger partial charge in [0.2, 0.25) is 10.0 Å². The van der Waals surface area contributed by atoms with E-state index in [0.29, 0.717) is 5.56 Å². The maximum Gasteiger partial charge on any atom is 0.411 e. The number of hydrogen-bond acceptors (Lipinski definition) is 3. The maximum absolute atomic E-state index is 12.8. The molecule has 0 aromatic heterocycles. The molecule has 0 aliphatic heterocycles. The standard InChI is InChI=1S/C12H13F3N2O3S/c1-7-2-3-8(6-9(7)21(16,19)20)10(18)17-11(4-5-11)12(13,14)15/h2-3,6H,4-5H2,1H3,(H,17,18)(H2,16,19,20). The summed E-state index contributed by atoms with van der Waals surface area (Å²) in [6.07, 6.45) is -4.90. The second-order valence-electron chi connectivity index (χ2n) is 5.06. The Labute approximate surface area is 119 Å². The highest BCUT2D eigenvalue weighted by atomic mass is 32.2. The molecule has 116 valence electrons. The Morgan fingerprint density at radius 3 is 2.33 bits per heavy atom. The molecule has 1 aromatic rings. The molecule has 0 saturated heterocycles. The molecule has 1 aliphatic carbocycles. The molecular formula is C12H13F3N2O3S. The highest BCUT2D eigenvalue weighted by Gasteiger charge is 2.64. The lowest BCUT2D eigenvalue weighted by atomic mass is 10.1. The molecular weight excluding hydrogens is 309 g/mol. The van der Waals surface area contributed by atoms with Crippen LogP contribution in [0, 0.1) is 6.92 Å². The summed E-state index contributed by atoms with van der Waals surface area (Å²) in [5, 5.41) is 6.92. The monoisotopic (exact) mass is 322 g/mol. The van der Waals surface area contributed by atoms with Gasteiger partial charge in [-0.05, 0) is 37.5 Å². The molecule has 21 heavy (non-hydrogen) atoms. The molecule has 0 heterocycles. The minimum absolute atomic E-state index is 0.180. The summed E-state index contributed by atoms with van der Waals surface area (Å²) >= 11 is 0. The Bertz CT molecular complexity index is 694. The van der Waals surface area contributed by atoms with Crippen LogP contribution in [0.4, 0.5) is 13.2 Å². The van der Waals surface area contributed by atoms with E-state index in [0.717, 1.165) is 6.07 Å². The zero-order valence-electron chi connectivity index (χ0n) is 11.0. The van der Waals surface area contributed by atoms with Gasteiger partial charge in [-0.3, -0.25) is 4.79 Å². The Kier molecular flexibility index (Phi) is 3.53. The molecule has 9 heteroatoms. The number of sulfonamides is 1. The summed E-state index contributed by atoms with van der Waals surface area (Å²) in [4.78, 5) is 11.6. The van der Waals surface area contributed by atoms with Crippen LogP contribution in [0.15, 0.2) is 23.1 Å². The maximum atomic E-state index is 12.8. The first kappa shape index (κ1) is 15.8. The number of alkyl halides is 3. The zero-order chi connectivity index (χ0) is 16.1. The van der Waals surface area contributed by atoms with Crippen LogP contribution in [0.2, 0.25) is 0 Å². The summed E-state index contributed by atoms with van der Waals surface area (Å²) < 4.78 is 61.0. The average molecular weight is 322 g/mol. The largest absolute Gasteiger partial charge is 0.411 e. The molecule has 0 radical (unpaired) electrons. The molecule has 1 aliphatic rings. The van der Waals surface area contributed by atoms with E-state index in [-0.39, 0.29) is 23.3 Å². The Hall–Kier alpha value is -1.61. The fourth-order valence-corrected chi connectivity index (χ4v) is 2.75. The van der Waals surface area contributed by atoms with Gasteiger partial charge in [0.25, 0.3) is 5.91 Å². The number of hydrogen-bond donors (Lipinski definition) is 2. The lowest BCUT2D eigenvalue weighted by Crippen LogP contribution is -2.47. The van der Waals surface area contributed by atoms with Crippen molar-refractivity contribution in [2.24, 2.45) is 5.14 Å². The summed E-state index contributed by atoms with van der Waals surface area (Å²) in [5.74, 6) is -0.977. The number of nitrogens with two attached hydrogens (primary N) is 1. The molecule has 5 nitrogen and oxygen atoms in total. The first-order valence-corrected chi connectivity index (χ1v) is 7.54. The Morgan fingerprint density at radius 1 is 1.33 bits per heavy atom. The van der Waals surface area contributed by atoms with E-state index in [1.165, 1.54) is 19.1 Å². The fourth-order valence-electron chi connectivity index (χ4n) is 1.94. The van der Waals surface area contributed by atoms with Crippen molar-refractivity contribution >= 4 is 15.9 Å². The van der Waals surface area contributed by atoms with Crippen LogP contribution in [-0.2, 0) is 10.0 Å². The number of halogens is 3. The van der Waals surface area contributed by atoms with Crippen molar-refractivity contribution in [2.45, 2.75) is 36.4 Å². The number of aryl methyl sites for hydroxylation is 1. The van der Waals surface area contributed by atoms with Crippen LogP contribution in [-0.4, -0.2) is 26.0 Å². The van der Waals surface area contributed by atoms with Crippen LogP contribution in [0.3, 0.4) is 0 Å². The molecule has 1 amide bonds. The number of amides is 1. The topological polar surface area (TPSA) is 89.3 Å². The first-order valence-electron chi connectivity index (χ1n) is 5.99. The number of carbonyl (C=O) groups is 1. The summed E-state index contributed by atoms with van der Waals surface area (Å²) in [6.45, 7) is 1.47. The summed E-state index contributed by atoms with van der Waals surface area (Å²) in [6, 6.07) is 3.56. The lowest BCUT2D eigenvalue weighted by molar-refractivity contribution is -0.163. The first-order chi connectivity index (χ1) is 9.46. The van der Waals surface area contributed by atoms with Crippen molar-refractivity contribution in [3.8, 4) is 0 Å². The average Bonchev–Trinajstić information content (AvgIpc) is 3.08. The van der Waals surface area contributed by atoms with Crippen LogP contribution < -0.4 is 10.5 Å². The molecule has 1 aromatic carbocycles. The number of nitrogens with one attached hydrogen (secondary N) is 1. The van der Waals surface area contributed by atoms with Crippen LogP contribution in [0.25, 0.3) is 0 Å². The molecule has 0 unspecified atom stereocenters.